The predicted octanol–water partition coefficient (Wildman–Crippen LogP) is 2.54. The molecular weight excluding hydrogens is 192 g/mol. The third-order valence-electron chi connectivity index (χ3n) is 2.03. The number of aliphatic hydroxyl groups is 1. The fourth-order valence-electron chi connectivity index (χ4n) is 1.30. The number of methoxy groups -OCH3 is 1. The summed E-state index contributed by atoms with van der Waals surface area (Å²) < 4.78 is 10.8. The largest absolute Gasteiger partial charge is 0.493 e. The molecule has 1 N–H and O–H groups in total. The Hall–Kier alpha value is -1.22. The first-order valence-corrected chi connectivity index (χ1v) is 5.07. The second-order valence-corrected chi connectivity index (χ2v) is 3.75. The Bertz CT molecular complexity index is 319. The van der Waals surface area contributed by atoms with Crippen LogP contribution in [0.1, 0.15) is 32.4 Å². The summed E-state index contributed by atoms with van der Waals surface area (Å²) in [5.41, 5.74) is 0.825. The minimum atomic E-state index is -0.495. The zero-order valence-electron chi connectivity index (χ0n) is 9.65. The number of aliphatic hydroxyl groups excluding tert-OH is 1. The van der Waals surface area contributed by atoms with E-state index in [0.717, 1.165) is 5.56 Å². The molecule has 0 heterocycles. The molecule has 0 aliphatic carbocycles. The Balaban J connectivity index is 3.02. The van der Waals surface area contributed by atoms with E-state index in [-0.39, 0.29) is 6.10 Å². The molecule has 1 unspecified atom stereocenters. The molecule has 1 aromatic carbocycles. The molecule has 0 radical (unpaired) electrons. The van der Waals surface area contributed by atoms with E-state index in [1.54, 1.807) is 20.1 Å². The van der Waals surface area contributed by atoms with E-state index in [1.807, 2.05) is 26.0 Å². The lowest BCUT2D eigenvalue weighted by atomic mass is 10.1. The highest BCUT2D eigenvalue weighted by Gasteiger charge is 2.09. The summed E-state index contributed by atoms with van der Waals surface area (Å²) in [5.74, 6) is 1.36. The predicted molar refractivity (Wildman–Crippen MR) is 59.4 cm³/mol. The average Bonchev–Trinajstić information content (AvgIpc) is 2.16. The van der Waals surface area contributed by atoms with E-state index < -0.39 is 6.10 Å². The number of ether oxygens (including phenoxy) is 2. The van der Waals surface area contributed by atoms with Gasteiger partial charge in [-0.3, -0.25) is 0 Å². The van der Waals surface area contributed by atoms with Gasteiger partial charge in [0.15, 0.2) is 11.5 Å². The van der Waals surface area contributed by atoms with Crippen molar-refractivity contribution < 1.29 is 14.6 Å². The normalized spacial score (nSPS) is 12.7. The molecule has 0 saturated carbocycles. The van der Waals surface area contributed by atoms with Gasteiger partial charge in [0.2, 0.25) is 0 Å². The van der Waals surface area contributed by atoms with Gasteiger partial charge in [0, 0.05) is 0 Å². The van der Waals surface area contributed by atoms with Crippen molar-refractivity contribution in [1.82, 2.24) is 0 Å². The molecule has 1 atom stereocenters. The number of hydrogen-bond donors (Lipinski definition) is 1. The molecule has 0 bridgehead atoms. The molecule has 3 heteroatoms. The Kier molecular flexibility index (Phi) is 3.97. The SMILES string of the molecule is COc1ccc(C(C)O)cc1OC(C)C. The summed E-state index contributed by atoms with van der Waals surface area (Å²) >= 11 is 0. The van der Waals surface area contributed by atoms with Gasteiger partial charge in [0.05, 0.1) is 19.3 Å². The zero-order chi connectivity index (χ0) is 11.4. The van der Waals surface area contributed by atoms with Crippen molar-refractivity contribution >= 4 is 0 Å². The summed E-state index contributed by atoms with van der Waals surface area (Å²) in [5, 5.41) is 9.45. The fraction of sp³-hybridized carbons (Fsp3) is 0.500. The van der Waals surface area contributed by atoms with Gasteiger partial charge in [-0.25, -0.2) is 0 Å². The van der Waals surface area contributed by atoms with E-state index in [4.69, 9.17) is 9.47 Å². The van der Waals surface area contributed by atoms with Gasteiger partial charge >= 0.3 is 0 Å². The Morgan fingerprint density at radius 3 is 2.27 bits per heavy atom. The van der Waals surface area contributed by atoms with Gasteiger partial charge in [-0.2, -0.15) is 0 Å². The highest BCUT2D eigenvalue weighted by atomic mass is 16.5. The number of hydrogen-bond acceptors (Lipinski definition) is 3. The van der Waals surface area contributed by atoms with E-state index in [2.05, 4.69) is 0 Å². The van der Waals surface area contributed by atoms with Crippen LogP contribution in [0.5, 0.6) is 11.5 Å². The summed E-state index contributed by atoms with van der Waals surface area (Å²) in [4.78, 5) is 0. The van der Waals surface area contributed by atoms with Crippen molar-refractivity contribution in [2.75, 3.05) is 7.11 Å². The highest BCUT2D eigenvalue weighted by molar-refractivity contribution is 5.43. The highest BCUT2D eigenvalue weighted by Crippen LogP contribution is 2.30. The minimum Gasteiger partial charge on any atom is -0.493 e. The first kappa shape index (κ1) is 11.9. The van der Waals surface area contributed by atoms with Crippen LogP contribution >= 0.6 is 0 Å². The Morgan fingerprint density at radius 1 is 1.13 bits per heavy atom. The monoisotopic (exact) mass is 210 g/mol. The van der Waals surface area contributed by atoms with Gasteiger partial charge in [-0.15, -0.1) is 0 Å². The van der Waals surface area contributed by atoms with Gasteiger partial charge < -0.3 is 14.6 Å². The van der Waals surface area contributed by atoms with Gasteiger partial charge in [0.1, 0.15) is 0 Å². The molecule has 0 saturated heterocycles. The summed E-state index contributed by atoms with van der Waals surface area (Å²) in [7, 11) is 1.60. The molecule has 3 nitrogen and oxygen atoms in total. The van der Waals surface area contributed by atoms with Gasteiger partial charge in [-0.05, 0) is 38.5 Å². The lowest BCUT2D eigenvalue weighted by Crippen LogP contribution is -2.07. The molecule has 0 aliphatic heterocycles. The van der Waals surface area contributed by atoms with Crippen LogP contribution in [0.2, 0.25) is 0 Å². The second-order valence-electron chi connectivity index (χ2n) is 3.75. The molecule has 1 rings (SSSR count). The van der Waals surface area contributed by atoms with Crippen molar-refractivity contribution in [3.8, 4) is 11.5 Å². The van der Waals surface area contributed by atoms with Crippen molar-refractivity contribution in [3.05, 3.63) is 23.8 Å². The minimum absolute atomic E-state index is 0.0862. The maximum Gasteiger partial charge on any atom is 0.161 e. The van der Waals surface area contributed by atoms with Crippen molar-refractivity contribution in [2.24, 2.45) is 0 Å². The number of benzene rings is 1. The first-order chi connectivity index (χ1) is 7.04. The molecule has 0 spiro atoms. The van der Waals surface area contributed by atoms with E-state index in [1.165, 1.54) is 0 Å². The van der Waals surface area contributed by atoms with E-state index in [9.17, 15) is 5.11 Å². The summed E-state index contributed by atoms with van der Waals surface area (Å²) in [6, 6.07) is 5.44. The third-order valence-corrected chi connectivity index (χ3v) is 2.03. The van der Waals surface area contributed by atoms with Crippen molar-refractivity contribution in [3.63, 3.8) is 0 Å². The van der Waals surface area contributed by atoms with Crippen LogP contribution < -0.4 is 9.47 Å². The third kappa shape index (κ3) is 3.13. The van der Waals surface area contributed by atoms with Crippen LogP contribution in [0.25, 0.3) is 0 Å². The molecule has 0 amide bonds. The fourth-order valence-corrected chi connectivity index (χ4v) is 1.30. The smallest absolute Gasteiger partial charge is 0.161 e. The Morgan fingerprint density at radius 2 is 1.80 bits per heavy atom. The van der Waals surface area contributed by atoms with Crippen LogP contribution in [0.3, 0.4) is 0 Å². The second kappa shape index (κ2) is 5.03. The number of rotatable bonds is 4. The average molecular weight is 210 g/mol. The van der Waals surface area contributed by atoms with Gasteiger partial charge in [0.25, 0.3) is 0 Å². The molecule has 0 fully saturated rings. The lowest BCUT2D eigenvalue weighted by Gasteiger charge is -2.15. The Labute approximate surface area is 90.6 Å². The maximum absolute atomic E-state index is 9.45. The molecule has 1 aromatic rings. The summed E-state index contributed by atoms with van der Waals surface area (Å²) in [6.45, 7) is 5.63. The molecule has 0 aromatic heterocycles. The topological polar surface area (TPSA) is 38.7 Å². The van der Waals surface area contributed by atoms with E-state index >= 15 is 0 Å². The maximum atomic E-state index is 9.45. The van der Waals surface area contributed by atoms with Crippen molar-refractivity contribution in [2.45, 2.75) is 33.0 Å². The molecule has 15 heavy (non-hydrogen) atoms. The van der Waals surface area contributed by atoms with Crippen molar-refractivity contribution in [1.29, 1.82) is 0 Å². The van der Waals surface area contributed by atoms with Crippen LogP contribution in [0.15, 0.2) is 18.2 Å². The zero-order valence-corrected chi connectivity index (χ0v) is 9.65. The standard InChI is InChI=1S/C12H18O3/c1-8(2)15-12-7-10(9(3)13)5-6-11(12)14-4/h5-9,13H,1-4H3. The summed E-state index contributed by atoms with van der Waals surface area (Å²) in [6.07, 6.45) is -0.409. The van der Waals surface area contributed by atoms with Crippen LogP contribution in [0.4, 0.5) is 0 Å². The van der Waals surface area contributed by atoms with Crippen LogP contribution in [0, 0.1) is 0 Å². The first-order valence-electron chi connectivity index (χ1n) is 5.07. The van der Waals surface area contributed by atoms with Crippen LogP contribution in [-0.2, 0) is 0 Å². The molecular formula is C12H18O3. The molecule has 0 aliphatic rings. The van der Waals surface area contributed by atoms with Gasteiger partial charge in [-0.1, -0.05) is 6.07 Å². The van der Waals surface area contributed by atoms with E-state index in [0.29, 0.717) is 11.5 Å². The quantitative estimate of drug-likeness (QED) is 0.830. The van der Waals surface area contributed by atoms with Crippen LogP contribution in [-0.4, -0.2) is 18.3 Å². The lowest BCUT2D eigenvalue weighted by molar-refractivity contribution is 0.196. The molecule has 84 valence electrons.